The van der Waals surface area contributed by atoms with Crippen LogP contribution < -0.4 is 0 Å². The van der Waals surface area contributed by atoms with Crippen LogP contribution in [0.1, 0.15) is 65.2 Å². The smallest absolute Gasteiger partial charge is 0.0650 e. The third kappa shape index (κ3) is 3.68. The van der Waals surface area contributed by atoms with Crippen LogP contribution >= 0.6 is 0 Å². The third-order valence-electron chi connectivity index (χ3n) is 3.31. The predicted octanol–water partition coefficient (Wildman–Crippen LogP) is 3.51. The van der Waals surface area contributed by atoms with Crippen LogP contribution in [0, 0.1) is 5.92 Å². The van der Waals surface area contributed by atoms with Gasteiger partial charge in [0.2, 0.25) is 0 Å². The van der Waals surface area contributed by atoms with Crippen LogP contribution in [0.25, 0.3) is 0 Å². The molecule has 0 aliphatic heterocycles. The number of aliphatic hydroxyl groups is 1. The normalized spacial score (nSPS) is 34.8. The van der Waals surface area contributed by atoms with Gasteiger partial charge in [-0.3, -0.25) is 0 Å². The van der Waals surface area contributed by atoms with Gasteiger partial charge in [0.15, 0.2) is 0 Å². The van der Waals surface area contributed by atoms with Gasteiger partial charge in [-0.05, 0) is 25.2 Å². The molecule has 0 saturated heterocycles. The highest BCUT2D eigenvalue weighted by Gasteiger charge is 2.31. The van der Waals surface area contributed by atoms with Crippen molar-refractivity contribution in [3.8, 4) is 0 Å². The molecule has 1 rings (SSSR count). The lowest BCUT2D eigenvalue weighted by Crippen LogP contribution is -2.34. The molecular formula is C12H24O. The summed E-state index contributed by atoms with van der Waals surface area (Å²) in [4.78, 5) is 0. The Balaban J connectivity index is 2.27. The van der Waals surface area contributed by atoms with Crippen LogP contribution in [0.15, 0.2) is 0 Å². The summed E-state index contributed by atoms with van der Waals surface area (Å²) in [5, 5.41) is 10.3. The van der Waals surface area contributed by atoms with E-state index in [2.05, 4.69) is 13.8 Å². The van der Waals surface area contributed by atoms with E-state index in [1.807, 2.05) is 0 Å². The fourth-order valence-corrected chi connectivity index (χ4v) is 2.56. The Hall–Kier alpha value is -0.0400. The standard InChI is InChI=1S/C12H24O/c1-3-4-5-8-12(13)9-6-7-11(2)10-12/h11,13H,3-10H2,1-2H3. The van der Waals surface area contributed by atoms with Crippen molar-refractivity contribution in [3.63, 3.8) is 0 Å². The summed E-state index contributed by atoms with van der Waals surface area (Å²) >= 11 is 0. The second-order valence-corrected chi connectivity index (χ2v) is 4.88. The molecule has 1 aliphatic rings. The van der Waals surface area contributed by atoms with Crippen molar-refractivity contribution in [3.05, 3.63) is 0 Å². The maximum absolute atomic E-state index is 10.3. The first-order valence-corrected chi connectivity index (χ1v) is 5.89. The van der Waals surface area contributed by atoms with Gasteiger partial charge < -0.3 is 5.11 Å². The number of hydrogen-bond acceptors (Lipinski definition) is 1. The van der Waals surface area contributed by atoms with E-state index < -0.39 is 0 Å². The van der Waals surface area contributed by atoms with Gasteiger partial charge in [0.05, 0.1) is 5.60 Å². The van der Waals surface area contributed by atoms with E-state index >= 15 is 0 Å². The molecule has 2 atom stereocenters. The molecule has 1 heteroatoms. The van der Waals surface area contributed by atoms with Gasteiger partial charge in [-0.2, -0.15) is 0 Å². The van der Waals surface area contributed by atoms with E-state index in [1.165, 1.54) is 32.1 Å². The van der Waals surface area contributed by atoms with E-state index in [0.717, 1.165) is 25.2 Å². The van der Waals surface area contributed by atoms with E-state index in [-0.39, 0.29) is 5.60 Å². The molecule has 1 N–H and O–H groups in total. The minimum absolute atomic E-state index is 0.299. The molecule has 1 nitrogen and oxygen atoms in total. The highest BCUT2D eigenvalue weighted by atomic mass is 16.3. The van der Waals surface area contributed by atoms with E-state index in [0.29, 0.717) is 0 Å². The summed E-state index contributed by atoms with van der Waals surface area (Å²) in [7, 11) is 0. The monoisotopic (exact) mass is 184 g/mol. The molecule has 0 radical (unpaired) electrons. The van der Waals surface area contributed by atoms with Crippen molar-refractivity contribution in [2.45, 2.75) is 70.8 Å². The van der Waals surface area contributed by atoms with Crippen molar-refractivity contribution in [1.29, 1.82) is 0 Å². The average molecular weight is 184 g/mol. The molecule has 0 aromatic carbocycles. The Kier molecular flexibility index (Phi) is 4.24. The molecule has 0 bridgehead atoms. The second kappa shape index (κ2) is 4.99. The maximum atomic E-state index is 10.3. The van der Waals surface area contributed by atoms with Crippen LogP contribution in [0.2, 0.25) is 0 Å². The molecule has 13 heavy (non-hydrogen) atoms. The van der Waals surface area contributed by atoms with Crippen molar-refractivity contribution in [1.82, 2.24) is 0 Å². The van der Waals surface area contributed by atoms with Crippen molar-refractivity contribution < 1.29 is 5.11 Å². The summed E-state index contributed by atoms with van der Waals surface area (Å²) < 4.78 is 0. The quantitative estimate of drug-likeness (QED) is 0.663. The minimum atomic E-state index is -0.299. The Morgan fingerprint density at radius 3 is 2.77 bits per heavy atom. The molecule has 0 heterocycles. The van der Waals surface area contributed by atoms with Crippen molar-refractivity contribution in [2.75, 3.05) is 0 Å². The summed E-state index contributed by atoms with van der Waals surface area (Å²) in [6.45, 7) is 4.48. The van der Waals surface area contributed by atoms with Crippen LogP contribution in [0.5, 0.6) is 0 Å². The number of rotatable bonds is 4. The number of unbranched alkanes of at least 4 members (excludes halogenated alkanes) is 2. The molecule has 78 valence electrons. The van der Waals surface area contributed by atoms with Gasteiger partial charge in [0.1, 0.15) is 0 Å². The Morgan fingerprint density at radius 2 is 2.15 bits per heavy atom. The molecule has 2 unspecified atom stereocenters. The summed E-state index contributed by atoms with van der Waals surface area (Å²) in [6.07, 6.45) is 9.39. The zero-order valence-electron chi connectivity index (χ0n) is 9.18. The maximum Gasteiger partial charge on any atom is 0.0650 e. The van der Waals surface area contributed by atoms with E-state index in [1.54, 1.807) is 0 Å². The SMILES string of the molecule is CCCCCC1(O)CCCC(C)C1. The van der Waals surface area contributed by atoms with Crippen LogP contribution in [-0.2, 0) is 0 Å². The lowest BCUT2D eigenvalue weighted by molar-refractivity contribution is -0.0219. The largest absolute Gasteiger partial charge is 0.390 e. The third-order valence-corrected chi connectivity index (χ3v) is 3.31. The lowest BCUT2D eigenvalue weighted by atomic mass is 9.76. The van der Waals surface area contributed by atoms with Gasteiger partial charge in [-0.25, -0.2) is 0 Å². The predicted molar refractivity (Wildman–Crippen MR) is 56.7 cm³/mol. The fourth-order valence-electron chi connectivity index (χ4n) is 2.56. The summed E-state index contributed by atoms with van der Waals surface area (Å²) in [5.41, 5.74) is -0.299. The molecule has 1 aliphatic carbocycles. The second-order valence-electron chi connectivity index (χ2n) is 4.88. The first-order chi connectivity index (χ1) is 6.16. The van der Waals surface area contributed by atoms with Gasteiger partial charge in [0.25, 0.3) is 0 Å². The molecule has 1 fully saturated rings. The van der Waals surface area contributed by atoms with Gasteiger partial charge in [0, 0.05) is 0 Å². The van der Waals surface area contributed by atoms with Gasteiger partial charge in [-0.1, -0.05) is 46.0 Å². The van der Waals surface area contributed by atoms with Crippen molar-refractivity contribution >= 4 is 0 Å². The van der Waals surface area contributed by atoms with Crippen LogP contribution in [0.4, 0.5) is 0 Å². The Labute approximate surface area is 82.5 Å². The molecule has 0 aromatic rings. The highest BCUT2D eigenvalue weighted by Crippen LogP contribution is 2.35. The fraction of sp³-hybridized carbons (Fsp3) is 1.00. The Bertz CT molecular complexity index is 144. The van der Waals surface area contributed by atoms with Crippen LogP contribution in [-0.4, -0.2) is 10.7 Å². The summed E-state index contributed by atoms with van der Waals surface area (Å²) in [6, 6.07) is 0. The zero-order valence-corrected chi connectivity index (χ0v) is 9.18. The molecule has 0 spiro atoms. The summed E-state index contributed by atoms with van der Waals surface area (Å²) in [5.74, 6) is 0.736. The van der Waals surface area contributed by atoms with Crippen molar-refractivity contribution in [2.24, 2.45) is 5.92 Å². The molecule has 1 saturated carbocycles. The topological polar surface area (TPSA) is 20.2 Å². The van der Waals surface area contributed by atoms with Gasteiger partial charge >= 0.3 is 0 Å². The van der Waals surface area contributed by atoms with E-state index in [4.69, 9.17) is 0 Å². The first kappa shape index (κ1) is 11.0. The first-order valence-electron chi connectivity index (χ1n) is 5.89. The van der Waals surface area contributed by atoms with Crippen LogP contribution in [0.3, 0.4) is 0 Å². The van der Waals surface area contributed by atoms with Gasteiger partial charge in [-0.15, -0.1) is 0 Å². The highest BCUT2D eigenvalue weighted by molar-refractivity contribution is 4.84. The molecular weight excluding hydrogens is 160 g/mol. The Morgan fingerprint density at radius 1 is 1.38 bits per heavy atom. The lowest BCUT2D eigenvalue weighted by Gasteiger charge is -2.35. The molecule has 0 amide bonds. The minimum Gasteiger partial charge on any atom is -0.390 e. The average Bonchev–Trinajstić information content (AvgIpc) is 2.04. The zero-order chi connectivity index (χ0) is 9.73. The van der Waals surface area contributed by atoms with E-state index in [9.17, 15) is 5.11 Å². The number of hydrogen-bond donors (Lipinski definition) is 1. The molecule has 0 aromatic heterocycles.